The van der Waals surface area contributed by atoms with Crippen molar-refractivity contribution in [2.45, 2.75) is 25.8 Å². The Morgan fingerprint density at radius 2 is 2.25 bits per heavy atom. The Morgan fingerprint density at radius 3 is 3.00 bits per heavy atom. The van der Waals surface area contributed by atoms with Gasteiger partial charge in [-0.1, -0.05) is 16.4 Å². The van der Waals surface area contributed by atoms with Crippen molar-refractivity contribution in [3.63, 3.8) is 0 Å². The van der Waals surface area contributed by atoms with Gasteiger partial charge in [0.15, 0.2) is 0 Å². The summed E-state index contributed by atoms with van der Waals surface area (Å²) in [6, 6.07) is 9.29. The first-order chi connectivity index (χ1) is 11.7. The van der Waals surface area contributed by atoms with E-state index in [0.717, 1.165) is 36.5 Å². The number of hydrogen-bond donors (Lipinski definition) is 0. The molecule has 7 nitrogen and oxygen atoms in total. The number of carbonyl (C=O) groups excluding carboxylic acids is 1. The third-order valence-corrected chi connectivity index (χ3v) is 4.28. The Bertz CT molecular complexity index is 856. The van der Waals surface area contributed by atoms with Crippen molar-refractivity contribution in [1.29, 1.82) is 0 Å². The summed E-state index contributed by atoms with van der Waals surface area (Å²) in [5, 5.41) is 11.9. The number of benzene rings is 1. The molecule has 1 fully saturated rings. The first kappa shape index (κ1) is 14.6. The Labute approximate surface area is 138 Å². The first-order valence-corrected chi connectivity index (χ1v) is 7.93. The van der Waals surface area contributed by atoms with Gasteiger partial charge in [0, 0.05) is 18.2 Å². The van der Waals surface area contributed by atoms with Crippen molar-refractivity contribution < 1.29 is 9.32 Å². The van der Waals surface area contributed by atoms with Gasteiger partial charge >= 0.3 is 0 Å². The highest BCUT2D eigenvalue weighted by Crippen LogP contribution is 2.32. The maximum atomic E-state index is 13.0. The highest BCUT2D eigenvalue weighted by Gasteiger charge is 2.32. The molecule has 0 aliphatic carbocycles. The molecule has 24 heavy (non-hydrogen) atoms. The summed E-state index contributed by atoms with van der Waals surface area (Å²) in [4.78, 5) is 14.9. The van der Waals surface area contributed by atoms with Crippen LogP contribution in [-0.4, -0.2) is 37.5 Å². The van der Waals surface area contributed by atoms with Gasteiger partial charge in [0.1, 0.15) is 11.5 Å². The summed E-state index contributed by atoms with van der Waals surface area (Å²) >= 11 is 0. The lowest BCUT2D eigenvalue weighted by molar-refractivity contribution is 0.0731. The fourth-order valence-corrected chi connectivity index (χ4v) is 3.15. The maximum Gasteiger partial charge on any atom is 0.254 e. The quantitative estimate of drug-likeness (QED) is 0.740. The molecule has 4 rings (SSSR count). The van der Waals surface area contributed by atoms with Gasteiger partial charge in [-0.2, -0.15) is 0 Å². The molecule has 1 aromatic carbocycles. The molecule has 0 saturated carbocycles. The summed E-state index contributed by atoms with van der Waals surface area (Å²) < 4.78 is 6.81. The van der Waals surface area contributed by atoms with Crippen molar-refractivity contribution in [1.82, 2.24) is 25.1 Å². The topological polar surface area (TPSA) is 77.1 Å². The van der Waals surface area contributed by atoms with Crippen molar-refractivity contribution in [3.05, 3.63) is 59.7 Å². The SMILES string of the molecule is Cc1cc([C@H]2CCCN2C(=O)c2cccc(-n3ccnn3)c2)no1. The van der Waals surface area contributed by atoms with Gasteiger partial charge in [-0.15, -0.1) is 5.10 Å². The standard InChI is InChI=1S/C17H17N5O2/c1-12-10-15(19-24-12)16-6-3-8-21(16)17(23)13-4-2-5-14(11-13)22-9-7-18-20-22/h2,4-5,7,9-11,16H,3,6,8H2,1H3/t16-/m1/s1. The van der Waals surface area contributed by atoms with Gasteiger partial charge in [0.25, 0.3) is 5.91 Å². The van der Waals surface area contributed by atoms with E-state index in [2.05, 4.69) is 15.5 Å². The zero-order valence-electron chi connectivity index (χ0n) is 13.3. The monoisotopic (exact) mass is 323 g/mol. The lowest BCUT2D eigenvalue weighted by Crippen LogP contribution is -2.30. The van der Waals surface area contributed by atoms with Crippen molar-refractivity contribution >= 4 is 5.91 Å². The van der Waals surface area contributed by atoms with E-state index in [1.54, 1.807) is 17.1 Å². The van der Waals surface area contributed by atoms with Gasteiger partial charge in [0.2, 0.25) is 0 Å². The molecular weight excluding hydrogens is 306 g/mol. The van der Waals surface area contributed by atoms with Crippen LogP contribution in [-0.2, 0) is 0 Å². The second-order valence-corrected chi connectivity index (χ2v) is 5.92. The molecule has 122 valence electrons. The van der Waals surface area contributed by atoms with Gasteiger partial charge in [-0.25, -0.2) is 4.68 Å². The Balaban J connectivity index is 1.62. The third-order valence-electron chi connectivity index (χ3n) is 4.28. The zero-order chi connectivity index (χ0) is 16.5. The second-order valence-electron chi connectivity index (χ2n) is 5.92. The molecule has 2 aromatic heterocycles. The fraction of sp³-hybridized carbons (Fsp3) is 0.294. The summed E-state index contributed by atoms with van der Waals surface area (Å²) in [6.07, 6.45) is 5.23. The average Bonchev–Trinajstić information content (AvgIpc) is 3.35. The Kier molecular flexibility index (Phi) is 3.60. The van der Waals surface area contributed by atoms with E-state index in [4.69, 9.17) is 4.52 Å². The minimum absolute atomic E-state index is 0.000110. The summed E-state index contributed by atoms with van der Waals surface area (Å²) in [5.41, 5.74) is 2.27. The van der Waals surface area contributed by atoms with Gasteiger partial charge in [-0.3, -0.25) is 4.79 Å². The average molecular weight is 323 g/mol. The number of hydrogen-bond acceptors (Lipinski definition) is 5. The van der Waals surface area contributed by atoms with E-state index in [9.17, 15) is 4.79 Å². The molecule has 1 amide bonds. The van der Waals surface area contributed by atoms with Crippen LogP contribution < -0.4 is 0 Å². The lowest BCUT2D eigenvalue weighted by atomic mass is 10.1. The molecule has 0 radical (unpaired) electrons. The number of carbonyl (C=O) groups is 1. The van der Waals surface area contributed by atoms with Crippen LogP contribution in [0.25, 0.3) is 5.69 Å². The molecule has 1 saturated heterocycles. The molecule has 0 bridgehead atoms. The van der Waals surface area contributed by atoms with Crippen LogP contribution in [0.4, 0.5) is 0 Å². The minimum atomic E-state index is -0.0232. The smallest absolute Gasteiger partial charge is 0.254 e. The highest BCUT2D eigenvalue weighted by atomic mass is 16.5. The van der Waals surface area contributed by atoms with E-state index in [1.165, 1.54) is 0 Å². The van der Waals surface area contributed by atoms with E-state index < -0.39 is 0 Å². The van der Waals surface area contributed by atoms with Crippen LogP contribution in [0.2, 0.25) is 0 Å². The van der Waals surface area contributed by atoms with Crippen LogP contribution in [0, 0.1) is 6.92 Å². The number of amides is 1. The van der Waals surface area contributed by atoms with Gasteiger partial charge < -0.3 is 9.42 Å². The third kappa shape index (κ3) is 2.58. The molecule has 7 heteroatoms. The number of nitrogens with zero attached hydrogens (tertiary/aromatic N) is 5. The normalized spacial score (nSPS) is 17.4. The molecule has 1 aliphatic heterocycles. The van der Waals surface area contributed by atoms with Crippen LogP contribution in [0.1, 0.15) is 40.7 Å². The molecule has 0 spiro atoms. The summed E-state index contributed by atoms with van der Waals surface area (Å²) in [6.45, 7) is 2.59. The summed E-state index contributed by atoms with van der Waals surface area (Å²) in [5.74, 6) is 0.762. The molecule has 1 atom stereocenters. The van der Waals surface area contributed by atoms with E-state index in [0.29, 0.717) is 5.56 Å². The number of likely N-dealkylation sites (tertiary alicyclic amines) is 1. The molecule has 3 heterocycles. The highest BCUT2D eigenvalue weighted by molar-refractivity contribution is 5.95. The van der Waals surface area contributed by atoms with E-state index >= 15 is 0 Å². The molecule has 0 N–H and O–H groups in total. The van der Waals surface area contributed by atoms with Gasteiger partial charge in [0.05, 0.1) is 24.1 Å². The number of rotatable bonds is 3. The predicted molar refractivity (Wildman–Crippen MR) is 85.6 cm³/mol. The molecule has 0 unspecified atom stereocenters. The van der Waals surface area contributed by atoms with Crippen LogP contribution in [0.15, 0.2) is 47.2 Å². The van der Waals surface area contributed by atoms with Crippen molar-refractivity contribution in [2.24, 2.45) is 0 Å². The largest absolute Gasteiger partial charge is 0.361 e. The van der Waals surface area contributed by atoms with Crippen LogP contribution in [0.5, 0.6) is 0 Å². The van der Waals surface area contributed by atoms with E-state index in [-0.39, 0.29) is 11.9 Å². The first-order valence-electron chi connectivity index (χ1n) is 7.93. The van der Waals surface area contributed by atoms with Gasteiger partial charge in [-0.05, 0) is 38.0 Å². The summed E-state index contributed by atoms with van der Waals surface area (Å²) in [7, 11) is 0. The molecule has 3 aromatic rings. The lowest BCUT2D eigenvalue weighted by Gasteiger charge is -2.23. The predicted octanol–water partition coefficient (Wildman–Crippen LogP) is 2.54. The van der Waals surface area contributed by atoms with Crippen LogP contribution >= 0.6 is 0 Å². The second kappa shape index (κ2) is 5.92. The zero-order valence-corrected chi connectivity index (χ0v) is 13.3. The van der Waals surface area contributed by atoms with E-state index in [1.807, 2.05) is 42.2 Å². The number of aromatic nitrogens is 4. The Hall–Kier alpha value is -2.96. The maximum absolute atomic E-state index is 13.0. The fourth-order valence-electron chi connectivity index (χ4n) is 3.15. The number of aryl methyl sites for hydroxylation is 1. The van der Waals surface area contributed by atoms with Crippen molar-refractivity contribution in [3.8, 4) is 5.69 Å². The molecule has 1 aliphatic rings. The van der Waals surface area contributed by atoms with Crippen LogP contribution in [0.3, 0.4) is 0 Å². The molecular formula is C17H17N5O2. The van der Waals surface area contributed by atoms with Crippen molar-refractivity contribution in [2.75, 3.05) is 6.54 Å². The minimum Gasteiger partial charge on any atom is -0.361 e. The Morgan fingerprint density at radius 1 is 1.33 bits per heavy atom.